The summed E-state index contributed by atoms with van der Waals surface area (Å²) in [5.74, 6) is 0.964. The Labute approximate surface area is 365 Å². The van der Waals surface area contributed by atoms with Crippen LogP contribution in [0.3, 0.4) is 0 Å². The SMILES string of the molecule is C.C=C/C=C(N=C(N=C(N)c1ccccc1)c1ccccc1C)\C(=C/C)C(=C)C.CCCCCCCCCCC[P+](C1=CCCCC=C1)(c1ccccc1)c1ccccc1. The summed E-state index contributed by atoms with van der Waals surface area (Å²) in [4.78, 5) is 9.55. The second-order valence-corrected chi connectivity index (χ2v) is 19.0. The molecular formula is C56H73N3P+. The third-order valence-corrected chi connectivity index (χ3v) is 15.4. The lowest BCUT2D eigenvalue weighted by molar-refractivity contribution is 0.573. The van der Waals surface area contributed by atoms with Crippen molar-refractivity contribution in [1.29, 1.82) is 0 Å². The molecule has 0 fully saturated rings. The van der Waals surface area contributed by atoms with E-state index >= 15 is 0 Å². The van der Waals surface area contributed by atoms with Crippen LogP contribution in [0.5, 0.6) is 0 Å². The largest absolute Gasteiger partial charge is 0.383 e. The van der Waals surface area contributed by atoms with E-state index in [1.54, 1.807) is 22.0 Å². The van der Waals surface area contributed by atoms with Crippen LogP contribution < -0.4 is 16.3 Å². The minimum Gasteiger partial charge on any atom is -0.383 e. The molecule has 5 rings (SSSR count). The molecule has 0 unspecified atom stereocenters. The lowest BCUT2D eigenvalue weighted by Gasteiger charge is -2.28. The molecule has 0 aromatic heterocycles. The summed E-state index contributed by atoms with van der Waals surface area (Å²) in [5, 5.41) is 4.72. The first-order valence-electron chi connectivity index (χ1n) is 21.9. The van der Waals surface area contributed by atoms with Gasteiger partial charge in [-0.25, -0.2) is 9.98 Å². The molecule has 0 bridgehead atoms. The topological polar surface area (TPSA) is 50.7 Å². The Morgan fingerprint density at radius 2 is 1.28 bits per heavy atom. The summed E-state index contributed by atoms with van der Waals surface area (Å²) >= 11 is 0. The quantitative estimate of drug-likeness (QED) is 0.0331. The van der Waals surface area contributed by atoms with Gasteiger partial charge in [-0.05, 0) is 112 Å². The maximum Gasteiger partial charge on any atom is 0.162 e. The van der Waals surface area contributed by atoms with Crippen LogP contribution in [0.1, 0.15) is 122 Å². The van der Waals surface area contributed by atoms with Crippen molar-refractivity contribution in [1.82, 2.24) is 0 Å². The Hall–Kier alpha value is -5.11. The van der Waals surface area contributed by atoms with Gasteiger partial charge in [-0.15, -0.1) is 0 Å². The van der Waals surface area contributed by atoms with E-state index in [2.05, 4.69) is 104 Å². The van der Waals surface area contributed by atoms with Crippen LogP contribution in [0.2, 0.25) is 0 Å². The maximum absolute atomic E-state index is 6.30. The smallest absolute Gasteiger partial charge is 0.162 e. The molecule has 0 heterocycles. The number of rotatable bonds is 19. The fraction of sp³-hybridized carbons (Fsp3) is 0.321. The molecule has 4 heteroatoms. The molecule has 3 nitrogen and oxygen atoms in total. The van der Waals surface area contributed by atoms with E-state index in [1.807, 2.05) is 87.5 Å². The summed E-state index contributed by atoms with van der Waals surface area (Å²) in [6.07, 6.45) is 30.6. The summed E-state index contributed by atoms with van der Waals surface area (Å²) in [5.41, 5.74) is 11.8. The molecule has 0 saturated carbocycles. The number of nitrogens with zero attached hydrogens (tertiary/aromatic N) is 2. The maximum atomic E-state index is 6.30. The molecule has 0 atom stereocenters. The molecule has 0 aliphatic heterocycles. The summed E-state index contributed by atoms with van der Waals surface area (Å²) in [7, 11) is -1.60. The number of hydrogen-bond acceptors (Lipinski definition) is 1. The van der Waals surface area contributed by atoms with Gasteiger partial charge in [-0.3, -0.25) is 0 Å². The van der Waals surface area contributed by atoms with Gasteiger partial charge in [0.15, 0.2) is 5.84 Å². The third-order valence-electron chi connectivity index (χ3n) is 10.9. The summed E-state index contributed by atoms with van der Waals surface area (Å²) in [6, 6.07) is 40.6. The van der Waals surface area contributed by atoms with Gasteiger partial charge in [0, 0.05) is 11.1 Å². The van der Waals surface area contributed by atoms with Crippen molar-refractivity contribution in [3.63, 3.8) is 0 Å². The van der Waals surface area contributed by atoms with Crippen LogP contribution in [-0.2, 0) is 0 Å². The number of aliphatic imine (C=N–C) groups is 2. The zero-order valence-electron chi connectivity index (χ0n) is 36.5. The minimum atomic E-state index is -1.60. The minimum absolute atomic E-state index is 0. The van der Waals surface area contributed by atoms with Crippen molar-refractivity contribution in [3.05, 3.63) is 204 Å². The van der Waals surface area contributed by atoms with Crippen molar-refractivity contribution >= 4 is 29.5 Å². The van der Waals surface area contributed by atoms with E-state index < -0.39 is 7.26 Å². The molecule has 1 aliphatic carbocycles. The highest BCUT2D eigenvalue weighted by molar-refractivity contribution is 7.93. The molecule has 0 saturated heterocycles. The number of benzene rings is 4. The van der Waals surface area contributed by atoms with Gasteiger partial charge in [-0.1, -0.05) is 182 Å². The van der Waals surface area contributed by atoms with Gasteiger partial charge in [0.05, 0.1) is 11.9 Å². The first-order valence-corrected chi connectivity index (χ1v) is 23.9. The van der Waals surface area contributed by atoms with Crippen LogP contribution in [0.25, 0.3) is 0 Å². The molecule has 0 spiro atoms. The summed E-state index contributed by atoms with van der Waals surface area (Å²) in [6.45, 7) is 16.1. The predicted molar refractivity (Wildman–Crippen MR) is 271 cm³/mol. The van der Waals surface area contributed by atoms with E-state index in [0.717, 1.165) is 33.5 Å². The van der Waals surface area contributed by atoms with E-state index in [1.165, 1.54) is 83.2 Å². The molecule has 316 valence electrons. The van der Waals surface area contributed by atoms with Crippen LogP contribution >= 0.6 is 7.26 Å². The number of unbranched alkanes of at least 4 members (excludes halogenated alkanes) is 8. The zero-order valence-corrected chi connectivity index (χ0v) is 37.4. The fourth-order valence-electron chi connectivity index (χ4n) is 7.68. The first-order chi connectivity index (χ1) is 28.8. The van der Waals surface area contributed by atoms with Crippen molar-refractivity contribution in [3.8, 4) is 0 Å². The molecular weight excluding hydrogens is 746 g/mol. The lowest BCUT2D eigenvalue weighted by atomic mass is 10.0. The average molecular weight is 819 g/mol. The lowest BCUT2D eigenvalue weighted by Crippen LogP contribution is -2.26. The van der Waals surface area contributed by atoms with Crippen molar-refractivity contribution in [2.75, 3.05) is 6.16 Å². The molecule has 4 aromatic rings. The third kappa shape index (κ3) is 14.9. The van der Waals surface area contributed by atoms with Crippen molar-refractivity contribution in [2.45, 2.75) is 112 Å². The number of allylic oxidation sites excluding steroid dienone is 8. The number of nitrogens with two attached hydrogens (primary N) is 1. The molecule has 2 N–H and O–H groups in total. The Balaban J connectivity index is 0.000000317. The number of aryl methyl sites for hydroxylation is 1. The van der Waals surface area contributed by atoms with Gasteiger partial charge >= 0.3 is 0 Å². The second-order valence-electron chi connectivity index (χ2n) is 15.4. The van der Waals surface area contributed by atoms with Crippen molar-refractivity contribution in [2.24, 2.45) is 15.7 Å². The van der Waals surface area contributed by atoms with Crippen LogP contribution in [0, 0.1) is 6.92 Å². The first kappa shape index (κ1) is 49.3. The Morgan fingerprint density at radius 1 is 0.733 bits per heavy atom. The zero-order chi connectivity index (χ0) is 42.1. The molecule has 0 radical (unpaired) electrons. The van der Waals surface area contributed by atoms with E-state index in [9.17, 15) is 0 Å². The van der Waals surface area contributed by atoms with E-state index in [4.69, 9.17) is 10.7 Å². The molecule has 1 aliphatic rings. The van der Waals surface area contributed by atoms with Crippen molar-refractivity contribution < 1.29 is 0 Å². The monoisotopic (exact) mass is 819 g/mol. The second kappa shape index (κ2) is 27.6. The van der Waals surface area contributed by atoms with E-state index in [-0.39, 0.29) is 7.43 Å². The molecule has 0 amide bonds. The highest BCUT2D eigenvalue weighted by Crippen LogP contribution is 2.65. The van der Waals surface area contributed by atoms with Crippen LogP contribution in [0.4, 0.5) is 0 Å². The van der Waals surface area contributed by atoms with Gasteiger partial charge in [0.2, 0.25) is 0 Å². The molecule has 60 heavy (non-hydrogen) atoms. The van der Waals surface area contributed by atoms with Gasteiger partial charge < -0.3 is 5.73 Å². The van der Waals surface area contributed by atoms with E-state index in [0.29, 0.717) is 11.7 Å². The number of hydrogen-bond donors (Lipinski definition) is 1. The highest BCUT2D eigenvalue weighted by Gasteiger charge is 2.45. The van der Waals surface area contributed by atoms with Crippen LogP contribution in [0.15, 0.2) is 197 Å². The normalized spacial score (nSPS) is 13.6. The van der Waals surface area contributed by atoms with Gasteiger partial charge in [0.25, 0.3) is 0 Å². The summed E-state index contributed by atoms with van der Waals surface area (Å²) < 4.78 is 0. The Bertz CT molecular complexity index is 2030. The Kier molecular flexibility index (Phi) is 22.7. The fourth-order valence-corrected chi connectivity index (χ4v) is 12.2. The predicted octanol–water partition coefficient (Wildman–Crippen LogP) is 15.2. The Morgan fingerprint density at radius 3 is 1.83 bits per heavy atom. The van der Waals surface area contributed by atoms with Gasteiger partial charge in [-0.2, -0.15) is 0 Å². The number of amidine groups is 2. The van der Waals surface area contributed by atoms with Crippen LogP contribution in [-0.4, -0.2) is 17.8 Å². The molecule has 4 aromatic carbocycles. The highest BCUT2D eigenvalue weighted by atomic mass is 31.2. The average Bonchev–Trinajstić information content (AvgIpc) is 3.56. The van der Waals surface area contributed by atoms with Gasteiger partial charge in [0.1, 0.15) is 29.0 Å². The standard InChI is InChI=1S/C30H42P.C25H27N3.CH4/c1-2-3-4-5-6-7-8-11-20-27-31(29-23-16-12-17-24-29,30-25-18-13-19-26-30)28-21-14-9-10-15-22-28;1-6-13-23(21(7-2)18(3)4)27-25(22-17-12-11-14-19(22)5)28-24(26)20-15-9-8-10-16-20;/h12-14,16-19,21-26H,2-11,15,20,27H2,1H3;6-17H,1,3H2,2,4-5H3,(H2,26,27,28);1H4/q+1;;/b;21-7-,23-13+;.